The number of methoxy groups -OCH3 is 1. The van der Waals surface area contributed by atoms with Crippen LogP contribution in [0.5, 0.6) is 5.75 Å². The Morgan fingerprint density at radius 3 is 2.28 bits per heavy atom. The van der Waals surface area contributed by atoms with Crippen LogP contribution in [0, 0.1) is 37.5 Å². The molecule has 2 aromatic rings. The van der Waals surface area contributed by atoms with Gasteiger partial charge in [0.1, 0.15) is 25.2 Å². The van der Waals surface area contributed by atoms with Gasteiger partial charge >= 0.3 is 0 Å². The summed E-state index contributed by atoms with van der Waals surface area (Å²) in [5, 5.41) is 0. The number of unbranched alkanes of at least 4 members (excludes halogenated alkanes) is 4. The minimum absolute atomic E-state index is 0.245. The van der Waals surface area contributed by atoms with Crippen molar-refractivity contribution in [3.63, 3.8) is 0 Å². The predicted molar refractivity (Wildman–Crippen MR) is 178 cm³/mol. The molecule has 234 valence electrons. The molecule has 3 rings (SSSR count). The lowest BCUT2D eigenvalue weighted by Crippen LogP contribution is -2.06. The van der Waals surface area contributed by atoms with E-state index in [4.69, 9.17) is 27.1 Å². The number of benzene rings is 1. The SMILES string of the molecule is C#CCOCc1cnc(C)c(OC)c1COCC#C.C/C=C\CCCC=O.c1ccc(CCCCCC2CCCC2)cc1. The van der Waals surface area contributed by atoms with Crippen molar-refractivity contribution in [3.8, 4) is 30.4 Å². The molecule has 1 aliphatic rings. The number of aryl methyl sites for hydroxylation is 2. The molecule has 1 heterocycles. The van der Waals surface area contributed by atoms with E-state index in [0.717, 1.165) is 41.9 Å². The molecule has 0 N–H and O–H groups in total. The second-order valence-electron chi connectivity index (χ2n) is 10.7. The molecule has 0 radical (unpaired) electrons. The van der Waals surface area contributed by atoms with Gasteiger partial charge in [0, 0.05) is 23.7 Å². The van der Waals surface area contributed by atoms with Crippen LogP contribution in [0.1, 0.15) is 99.9 Å². The lowest BCUT2D eigenvalue weighted by molar-refractivity contribution is -0.107. The maximum Gasteiger partial charge on any atom is 0.145 e. The number of aldehydes is 1. The second-order valence-corrected chi connectivity index (χ2v) is 10.7. The van der Waals surface area contributed by atoms with E-state index in [0.29, 0.717) is 25.4 Å². The van der Waals surface area contributed by atoms with E-state index in [9.17, 15) is 4.79 Å². The number of carbonyl (C=O) groups excluding carboxylic acids is 1. The number of allylic oxidation sites excluding steroid dienone is 2. The van der Waals surface area contributed by atoms with Crippen molar-refractivity contribution in [2.75, 3.05) is 20.3 Å². The van der Waals surface area contributed by atoms with E-state index >= 15 is 0 Å². The van der Waals surface area contributed by atoms with Gasteiger partial charge in [0.05, 0.1) is 26.0 Å². The molecule has 0 spiro atoms. The fourth-order valence-corrected chi connectivity index (χ4v) is 5.03. The number of pyridine rings is 1. The number of hydrogen-bond acceptors (Lipinski definition) is 5. The molecule has 43 heavy (non-hydrogen) atoms. The molecule has 0 aliphatic heterocycles. The van der Waals surface area contributed by atoms with Gasteiger partial charge in [-0.15, -0.1) is 12.8 Å². The molecule has 1 aromatic carbocycles. The Morgan fingerprint density at radius 1 is 0.953 bits per heavy atom. The van der Waals surface area contributed by atoms with Gasteiger partial charge in [0.25, 0.3) is 0 Å². The molecule has 5 heteroatoms. The fourth-order valence-electron chi connectivity index (χ4n) is 5.03. The Balaban J connectivity index is 0.000000349. The van der Waals surface area contributed by atoms with Crippen molar-refractivity contribution in [1.29, 1.82) is 0 Å². The molecular formula is C38H53NO4. The van der Waals surface area contributed by atoms with Gasteiger partial charge in [0.15, 0.2) is 0 Å². The first-order chi connectivity index (χ1) is 21.1. The number of nitrogens with zero attached hydrogens (tertiary/aromatic N) is 1. The van der Waals surface area contributed by atoms with Crippen LogP contribution in [-0.4, -0.2) is 31.6 Å². The molecule has 0 unspecified atom stereocenters. The van der Waals surface area contributed by atoms with Crippen LogP contribution in [0.4, 0.5) is 0 Å². The predicted octanol–water partition coefficient (Wildman–Crippen LogP) is 8.61. The number of aromatic nitrogens is 1. The molecule has 1 aliphatic carbocycles. The van der Waals surface area contributed by atoms with Crippen LogP contribution in [0.3, 0.4) is 0 Å². The lowest BCUT2D eigenvalue weighted by Gasteiger charge is -2.15. The van der Waals surface area contributed by atoms with Crippen molar-refractivity contribution in [2.45, 2.75) is 104 Å². The van der Waals surface area contributed by atoms with E-state index < -0.39 is 0 Å². The van der Waals surface area contributed by atoms with Crippen LogP contribution in [-0.2, 0) is 33.9 Å². The molecule has 0 saturated heterocycles. The van der Waals surface area contributed by atoms with Gasteiger partial charge in [-0.2, -0.15) is 0 Å². The number of carbonyl (C=O) groups is 1. The second kappa shape index (κ2) is 26.3. The molecule has 1 aromatic heterocycles. The zero-order valence-corrected chi connectivity index (χ0v) is 26.8. The summed E-state index contributed by atoms with van der Waals surface area (Å²) < 4.78 is 16.1. The molecule has 0 atom stereocenters. The fraction of sp³-hybridized carbons (Fsp3) is 0.526. The zero-order valence-electron chi connectivity index (χ0n) is 26.8. The first-order valence-electron chi connectivity index (χ1n) is 15.7. The van der Waals surface area contributed by atoms with E-state index in [2.05, 4.69) is 53.2 Å². The maximum absolute atomic E-state index is 9.74. The topological polar surface area (TPSA) is 57.6 Å². The third-order valence-electron chi connectivity index (χ3n) is 7.31. The maximum atomic E-state index is 9.74. The molecule has 1 fully saturated rings. The summed E-state index contributed by atoms with van der Waals surface area (Å²) in [6.45, 7) is 5.07. The van der Waals surface area contributed by atoms with Gasteiger partial charge in [-0.05, 0) is 51.0 Å². The Labute approximate surface area is 261 Å². The molecule has 5 nitrogen and oxygen atoms in total. The number of hydrogen-bond donors (Lipinski definition) is 0. The van der Waals surface area contributed by atoms with E-state index in [1.54, 1.807) is 13.3 Å². The quantitative estimate of drug-likeness (QED) is 0.0803. The average Bonchev–Trinajstić information content (AvgIpc) is 3.55. The van der Waals surface area contributed by atoms with Crippen LogP contribution in [0.15, 0.2) is 48.7 Å². The first kappa shape index (κ1) is 37.6. The molecule has 0 bridgehead atoms. The standard InChI is InChI=1S/C16H24.C15H17NO3.C7H12O/c1-3-9-15(10-4-1)11-5-2-6-12-16-13-7-8-14-16;1-5-7-18-10-13-9-16-12(3)15(17-4)14(13)11-19-8-6-2;1-2-3-4-5-6-7-8/h1,3-4,9-10,16H,2,5-8,11-14H2;1-2,9H,7-8,10-11H2,3-4H3;2-3,7H,4-6H2,1H3/b;;3-2-. The van der Waals surface area contributed by atoms with Crippen LogP contribution in [0.25, 0.3) is 0 Å². The third kappa shape index (κ3) is 18.0. The van der Waals surface area contributed by atoms with Crippen molar-refractivity contribution < 1.29 is 19.0 Å². The summed E-state index contributed by atoms with van der Waals surface area (Å²) in [5.74, 6) is 6.62. The minimum Gasteiger partial charge on any atom is -0.494 e. The smallest absolute Gasteiger partial charge is 0.145 e. The Hall–Kier alpha value is -3.38. The Morgan fingerprint density at radius 2 is 1.65 bits per heavy atom. The largest absolute Gasteiger partial charge is 0.494 e. The summed E-state index contributed by atoms with van der Waals surface area (Å²) in [6.07, 6.45) is 32.8. The van der Waals surface area contributed by atoms with Gasteiger partial charge < -0.3 is 19.0 Å². The zero-order chi connectivity index (χ0) is 31.4. The van der Waals surface area contributed by atoms with E-state index in [1.165, 1.54) is 63.4 Å². The average molecular weight is 588 g/mol. The van der Waals surface area contributed by atoms with Gasteiger partial charge in [-0.1, -0.05) is 99.3 Å². The Kier molecular flexibility index (Phi) is 23.0. The number of terminal acetylenes is 2. The Bertz CT molecular complexity index is 1090. The highest BCUT2D eigenvalue weighted by Crippen LogP contribution is 2.29. The summed E-state index contributed by atoms with van der Waals surface area (Å²) in [4.78, 5) is 14.0. The molecular weight excluding hydrogens is 534 g/mol. The van der Waals surface area contributed by atoms with Crippen molar-refractivity contribution in [1.82, 2.24) is 4.98 Å². The van der Waals surface area contributed by atoms with Crippen molar-refractivity contribution in [3.05, 3.63) is 71.1 Å². The third-order valence-corrected chi connectivity index (χ3v) is 7.31. The number of ether oxygens (including phenoxy) is 3. The lowest BCUT2D eigenvalue weighted by atomic mass is 9.98. The van der Waals surface area contributed by atoms with Crippen molar-refractivity contribution in [2.24, 2.45) is 5.92 Å². The molecule has 1 saturated carbocycles. The number of rotatable bonds is 17. The summed E-state index contributed by atoms with van der Waals surface area (Å²) in [5.41, 5.74) is 4.07. The minimum atomic E-state index is 0.245. The first-order valence-corrected chi connectivity index (χ1v) is 15.7. The summed E-state index contributed by atoms with van der Waals surface area (Å²) >= 11 is 0. The van der Waals surface area contributed by atoms with Gasteiger partial charge in [-0.3, -0.25) is 4.98 Å². The van der Waals surface area contributed by atoms with E-state index in [1.807, 2.05) is 19.9 Å². The van der Waals surface area contributed by atoms with Crippen molar-refractivity contribution >= 4 is 6.29 Å². The van der Waals surface area contributed by atoms with Gasteiger partial charge in [0.2, 0.25) is 0 Å². The van der Waals surface area contributed by atoms with Crippen LogP contribution < -0.4 is 4.74 Å². The molecule has 0 amide bonds. The highest BCUT2D eigenvalue weighted by molar-refractivity contribution is 5.49. The van der Waals surface area contributed by atoms with Crippen LogP contribution in [0.2, 0.25) is 0 Å². The van der Waals surface area contributed by atoms with Gasteiger partial charge in [-0.25, -0.2) is 0 Å². The van der Waals surface area contributed by atoms with Crippen LogP contribution >= 0.6 is 0 Å². The highest BCUT2D eigenvalue weighted by Gasteiger charge is 2.14. The monoisotopic (exact) mass is 587 g/mol. The normalized spacial score (nSPS) is 12.4. The van der Waals surface area contributed by atoms with E-state index in [-0.39, 0.29) is 13.2 Å². The summed E-state index contributed by atoms with van der Waals surface area (Å²) in [6, 6.07) is 10.9. The highest BCUT2D eigenvalue weighted by atomic mass is 16.5. The summed E-state index contributed by atoms with van der Waals surface area (Å²) in [7, 11) is 1.60.